The molecule has 0 bridgehead atoms. The Balaban J connectivity index is 2.17. The van der Waals surface area contributed by atoms with E-state index in [-0.39, 0.29) is 4.88 Å². The van der Waals surface area contributed by atoms with Crippen molar-refractivity contribution in [1.82, 2.24) is 9.59 Å². The van der Waals surface area contributed by atoms with Crippen molar-refractivity contribution in [2.24, 2.45) is 0 Å². The number of esters is 2. The second-order valence-electron chi connectivity index (χ2n) is 3.83. The maximum absolute atomic E-state index is 11.9. The molecular weight excluding hydrogens is 296 g/mol. The van der Waals surface area contributed by atoms with E-state index in [0.29, 0.717) is 17.0 Å². The van der Waals surface area contributed by atoms with Crippen LogP contribution in [-0.4, -0.2) is 42.4 Å². The third-order valence-electron chi connectivity index (χ3n) is 2.59. The van der Waals surface area contributed by atoms with Crippen LogP contribution in [0.1, 0.15) is 9.67 Å². The van der Waals surface area contributed by atoms with Gasteiger partial charge in [0.15, 0.2) is 11.5 Å². The Morgan fingerprint density at radius 1 is 1.19 bits per heavy atom. The number of aromatic nitrogens is 2. The lowest BCUT2D eigenvalue weighted by Gasteiger charge is -2.04. The van der Waals surface area contributed by atoms with Crippen LogP contribution in [-0.2, 0) is 14.3 Å². The Hall–Kier alpha value is -2.48. The molecule has 0 aliphatic carbocycles. The number of ether oxygens (including phenoxy) is 3. The van der Waals surface area contributed by atoms with Crippen molar-refractivity contribution in [2.75, 3.05) is 20.8 Å². The van der Waals surface area contributed by atoms with Gasteiger partial charge in [0.2, 0.25) is 0 Å². The molecule has 0 unspecified atom stereocenters. The van der Waals surface area contributed by atoms with E-state index < -0.39 is 18.5 Å². The zero-order chi connectivity index (χ0) is 15.2. The molecule has 0 radical (unpaired) electrons. The molecule has 0 atom stereocenters. The summed E-state index contributed by atoms with van der Waals surface area (Å²) in [5.74, 6) is -0.607. The molecule has 7 nitrogen and oxygen atoms in total. The van der Waals surface area contributed by atoms with Gasteiger partial charge in [-0.15, -0.1) is 5.10 Å². The predicted octanol–water partition coefficient (Wildman–Crippen LogP) is 1.54. The van der Waals surface area contributed by atoms with Gasteiger partial charge in [-0.05, 0) is 35.8 Å². The largest absolute Gasteiger partial charge is 0.497 e. The number of benzene rings is 1. The van der Waals surface area contributed by atoms with Crippen LogP contribution < -0.4 is 4.74 Å². The van der Waals surface area contributed by atoms with Gasteiger partial charge in [-0.25, -0.2) is 9.59 Å². The van der Waals surface area contributed by atoms with Gasteiger partial charge < -0.3 is 14.2 Å². The topological polar surface area (TPSA) is 87.6 Å². The normalized spacial score (nSPS) is 10.0. The molecule has 0 N–H and O–H groups in total. The SMILES string of the molecule is COC(=O)COC(=O)c1snnc1-c1ccc(OC)cc1. The summed E-state index contributed by atoms with van der Waals surface area (Å²) in [6.45, 7) is -0.449. The van der Waals surface area contributed by atoms with E-state index in [4.69, 9.17) is 9.47 Å². The van der Waals surface area contributed by atoms with Crippen molar-refractivity contribution < 1.29 is 23.8 Å². The fraction of sp³-hybridized carbons (Fsp3) is 0.231. The first kappa shape index (κ1) is 14.9. The number of carbonyl (C=O) groups excluding carboxylic acids is 2. The van der Waals surface area contributed by atoms with Crippen LogP contribution >= 0.6 is 11.5 Å². The molecule has 110 valence electrons. The highest BCUT2D eigenvalue weighted by Gasteiger charge is 2.20. The number of rotatable bonds is 5. The number of nitrogens with zero attached hydrogens (tertiary/aromatic N) is 2. The lowest BCUT2D eigenvalue weighted by atomic mass is 10.1. The second kappa shape index (κ2) is 6.80. The molecule has 0 aliphatic heterocycles. The van der Waals surface area contributed by atoms with Gasteiger partial charge >= 0.3 is 11.9 Å². The zero-order valence-electron chi connectivity index (χ0n) is 11.4. The van der Waals surface area contributed by atoms with E-state index in [2.05, 4.69) is 14.3 Å². The van der Waals surface area contributed by atoms with E-state index in [9.17, 15) is 9.59 Å². The summed E-state index contributed by atoms with van der Waals surface area (Å²) in [4.78, 5) is 23.1. The molecule has 0 spiro atoms. The average molecular weight is 308 g/mol. The Kier molecular flexibility index (Phi) is 4.83. The van der Waals surface area contributed by atoms with Crippen molar-refractivity contribution in [3.05, 3.63) is 29.1 Å². The van der Waals surface area contributed by atoms with Crippen molar-refractivity contribution in [3.8, 4) is 17.0 Å². The summed E-state index contributed by atoms with van der Waals surface area (Å²) < 4.78 is 18.1. The Morgan fingerprint density at radius 2 is 1.90 bits per heavy atom. The summed E-state index contributed by atoms with van der Waals surface area (Å²) in [5, 5.41) is 3.92. The molecule has 21 heavy (non-hydrogen) atoms. The number of carbonyl (C=O) groups is 2. The van der Waals surface area contributed by atoms with Crippen LogP contribution in [0, 0.1) is 0 Å². The van der Waals surface area contributed by atoms with Gasteiger partial charge in [0.1, 0.15) is 11.4 Å². The molecule has 1 aromatic carbocycles. The fourth-order valence-electron chi connectivity index (χ4n) is 1.51. The minimum Gasteiger partial charge on any atom is -0.497 e. The molecule has 0 aliphatic rings. The first-order valence-corrected chi connectivity index (χ1v) is 6.63. The number of hydrogen-bond donors (Lipinski definition) is 0. The number of hydrogen-bond acceptors (Lipinski definition) is 8. The van der Waals surface area contributed by atoms with E-state index in [1.54, 1.807) is 31.4 Å². The highest BCUT2D eigenvalue weighted by molar-refractivity contribution is 7.08. The molecule has 1 aromatic heterocycles. The quantitative estimate of drug-likeness (QED) is 0.774. The average Bonchev–Trinajstić information content (AvgIpc) is 3.01. The van der Waals surface area contributed by atoms with Crippen molar-refractivity contribution in [2.45, 2.75) is 0 Å². The van der Waals surface area contributed by atoms with E-state index in [0.717, 1.165) is 11.5 Å². The summed E-state index contributed by atoms with van der Waals surface area (Å²) in [7, 11) is 2.78. The van der Waals surface area contributed by atoms with Crippen molar-refractivity contribution in [3.63, 3.8) is 0 Å². The van der Waals surface area contributed by atoms with Crippen LogP contribution in [0.25, 0.3) is 11.3 Å². The monoisotopic (exact) mass is 308 g/mol. The van der Waals surface area contributed by atoms with E-state index in [1.807, 2.05) is 0 Å². The number of methoxy groups -OCH3 is 2. The Bertz CT molecular complexity index is 638. The Labute approximate surface area is 124 Å². The highest BCUT2D eigenvalue weighted by atomic mass is 32.1. The van der Waals surface area contributed by atoms with Crippen molar-refractivity contribution in [1.29, 1.82) is 0 Å². The third-order valence-corrected chi connectivity index (χ3v) is 3.29. The lowest BCUT2D eigenvalue weighted by molar-refractivity contribution is -0.144. The standard InChI is InChI=1S/C13H12N2O5S/c1-18-9-5-3-8(4-6-9)11-12(21-15-14-11)13(17)20-7-10(16)19-2/h3-6H,7H2,1-2H3. The highest BCUT2D eigenvalue weighted by Crippen LogP contribution is 2.26. The van der Waals surface area contributed by atoms with E-state index in [1.165, 1.54) is 7.11 Å². The zero-order valence-corrected chi connectivity index (χ0v) is 12.2. The van der Waals surface area contributed by atoms with Crippen LogP contribution in [0.5, 0.6) is 5.75 Å². The van der Waals surface area contributed by atoms with Gasteiger partial charge in [0.05, 0.1) is 14.2 Å². The summed E-state index contributed by atoms with van der Waals surface area (Å²) in [6, 6.07) is 7.01. The second-order valence-corrected chi connectivity index (χ2v) is 4.59. The third kappa shape index (κ3) is 3.54. The first-order chi connectivity index (χ1) is 10.2. The molecular formula is C13H12N2O5S. The van der Waals surface area contributed by atoms with Gasteiger partial charge in [-0.3, -0.25) is 0 Å². The summed E-state index contributed by atoms with van der Waals surface area (Å²) >= 11 is 0.903. The molecule has 0 amide bonds. The maximum atomic E-state index is 11.9. The minimum atomic E-state index is -0.666. The van der Waals surface area contributed by atoms with Gasteiger partial charge in [-0.2, -0.15) is 0 Å². The molecule has 8 heteroatoms. The smallest absolute Gasteiger partial charge is 0.352 e. The fourth-order valence-corrected chi connectivity index (χ4v) is 2.09. The maximum Gasteiger partial charge on any atom is 0.352 e. The minimum absolute atomic E-state index is 0.226. The van der Waals surface area contributed by atoms with Gasteiger partial charge in [0, 0.05) is 5.56 Å². The Morgan fingerprint density at radius 3 is 2.52 bits per heavy atom. The lowest BCUT2D eigenvalue weighted by Crippen LogP contribution is -2.14. The van der Waals surface area contributed by atoms with Crippen LogP contribution in [0.4, 0.5) is 0 Å². The van der Waals surface area contributed by atoms with Crippen LogP contribution in [0.15, 0.2) is 24.3 Å². The van der Waals surface area contributed by atoms with Crippen molar-refractivity contribution >= 4 is 23.5 Å². The molecule has 1 heterocycles. The molecule has 0 saturated heterocycles. The molecule has 2 rings (SSSR count). The van der Waals surface area contributed by atoms with E-state index >= 15 is 0 Å². The molecule has 2 aromatic rings. The van der Waals surface area contributed by atoms with Crippen LogP contribution in [0.3, 0.4) is 0 Å². The summed E-state index contributed by atoms with van der Waals surface area (Å²) in [5.41, 5.74) is 1.10. The molecule has 0 saturated carbocycles. The first-order valence-electron chi connectivity index (χ1n) is 5.86. The summed E-state index contributed by atoms with van der Waals surface area (Å²) in [6.07, 6.45) is 0. The van der Waals surface area contributed by atoms with Gasteiger partial charge in [-0.1, -0.05) is 4.49 Å². The predicted molar refractivity (Wildman–Crippen MR) is 74.2 cm³/mol. The van der Waals surface area contributed by atoms with Gasteiger partial charge in [0.25, 0.3) is 0 Å². The molecule has 0 fully saturated rings. The van der Waals surface area contributed by atoms with Crippen LogP contribution in [0.2, 0.25) is 0 Å².